The summed E-state index contributed by atoms with van der Waals surface area (Å²) in [7, 11) is 0. The fourth-order valence-corrected chi connectivity index (χ4v) is 3.96. The molecule has 3 atom stereocenters. The molecule has 6 heteroatoms. The molecule has 3 heterocycles. The van der Waals surface area contributed by atoms with E-state index in [9.17, 15) is 4.79 Å². The van der Waals surface area contributed by atoms with Gasteiger partial charge in [-0.3, -0.25) is 4.79 Å². The highest BCUT2D eigenvalue weighted by molar-refractivity contribution is 5.82. The van der Waals surface area contributed by atoms with Crippen LogP contribution in [-0.4, -0.2) is 49.3 Å². The van der Waals surface area contributed by atoms with Crippen molar-refractivity contribution in [1.29, 1.82) is 0 Å². The highest BCUT2D eigenvalue weighted by Gasteiger charge is 2.39. The van der Waals surface area contributed by atoms with E-state index >= 15 is 0 Å². The average molecular weight is 332 g/mol. The van der Waals surface area contributed by atoms with Gasteiger partial charge >= 0.3 is 0 Å². The van der Waals surface area contributed by atoms with E-state index in [4.69, 9.17) is 19.9 Å². The Balaban J connectivity index is 1.56. The minimum Gasteiger partial charge on any atom is -0.486 e. The number of hydrogen-bond acceptors (Lipinski definition) is 5. The predicted octanol–water partition coefficient (Wildman–Crippen LogP) is 1.63. The van der Waals surface area contributed by atoms with Gasteiger partial charge in [0.15, 0.2) is 11.5 Å². The fraction of sp³-hybridized carbons (Fsp3) is 0.611. The van der Waals surface area contributed by atoms with Crippen molar-refractivity contribution >= 4 is 5.91 Å². The second kappa shape index (κ2) is 6.61. The molecule has 0 aliphatic carbocycles. The summed E-state index contributed by atoms with van der Waals surface area (Å²) >= 11 is 0. The van der Waals surface area contributed by atoms with Gasteiger partial charge in [-0.15, -0.1) is 0 Å². The number of rotatable bonds is 3. The quantitative estimate of drug-likeness (QED) is 0.911. The zero-order valence-electron chi connectivity index (χ0n) is 13.8. The summed E-state index contributed by atoms with van der Waals surface area (Å²) < 4.78 is 17.3. The molecule has 3 aliphatic rings. The first-order valence-corrected chi connectivity index (χ1v) is 8.82. The third-order valence-corrected chi connectivity index (χ3v) is 5.14. The van der Waals surface area contributed by atoms with E-state index in [1.54, 1.807) is 0 Å². The maximum absolute atomic E-state index is 12.9. The summed E-state index contributed by atoms with van der Waals surface area (Å²) in [5.74, 6) is 1.65. The topological polar surface area (TPSA) is 74.0 Å². The van der Waals surface area contributed by atoms with E-state index in [0.717, 1.165) is 49.3 Å². The van der Waals surface area contributed by atoms with E-state index in [-0.39, 0.29) is 24.2 Å². The molecule has 0 bridgehead atoms. The summed E-state index contributed by atoms with van der Waals surface area (Å²) in [6, 6.07) is 5.97. The fourth-order valence-electron chi connectivity index (χ4n) is 3.96. The maximum Gasteiger partial charge on any atom is 0.252 e. The minimum absolute atomic E-state index is 0.0150. The number of likely N-dealkylation sites (tertiary alicyclic amines) is 1. The zero-order chi connectivity index (χ0) is 16.5. The Hall–Kier alpha value is -1.79. The molecule has 0 spiro atoms. The molecule has 1 aromatic rings. The summed E-state index contributed by atoms with van der Waals surface area (Å²) in [6.45, 7) is 2.36. The molecule has 0 radical (unpaired) electrons. The Morgan fingerprint density at radius 2 is 2.08 bits per heavy atom. The minimum atomic E-state index is -0.351. The first-order chi connectivity index (χ1) is 11.8. The number of carbonyl (C=O) groups is 1. The van der Waals surface area contributed by atoms with Crippen LogP contribution in [0.5, 0.6) is 11.5 Å². The number of para-hydroxylation sites is 1. The van der Waals surface area contributed by atoms with Crippen LogP contribution in [0.3, 0.4) is 0 Å². The molecule has 4 rings (SSSR count). The van der Waals surface area contributed by atoms with Gasteiger partial charge in [0.25, 0.3) is 5.91 Å². The van der Waals surface area contributed by atoms with Gasteiger partial charge in [-0.2, -0.15) is 0 Å². The molecule has 130 valence electrons. The monoisotopic (exact) mass is 332 g/mol. The first kappa shape index (κ1) is 15.7. The summed E-state index contributed by atoms with van der Waals surface area (Å²) in [4.78, 5) is 14.9. The van der Waals surface area contributed by atoms with Crippen molar-refractivity contribution in [3.8, 4) is 11.5 Å². The Morgan fingerprint density at radius 1 is 1.21 bits per heavy atom. The van der Waals surface area contributed by atoms with Gasteiger partial charge in [0.05, 0.1) is 12.1 Å². The lowest BCUT2D eigenvalue weighted by Gasteiger charge is -2.30. The number of ether oxygens (including phenoxy) is 3. The standard InChI is InChI=1S/C18H24N2O4/c19-11-12-6-7-16(24-12)18(21)20-8-2-4-14(20)13-3-1-5-15-17(13)23-10-9-22-15/h1,3,5,12,14,16H,2,4,6-11,19H2/t12-,14?,16+/m1/s1. The molecule has 0 saturated carbocycles. The number of nitrogens with two attached hydrogens (primary N) is 1. The van der Waals surface area contributed by atoms with Crippen LogP contribution in [0.2, 0.25) is 0 Å². The van der Waals surface area contributed by atoms with E-state index < -0.39 is 0 Å². The third-order valence-electron chi connectivity index (χ3n) is 5.14. The number of nitrogens with zero attached hydrogens (tertiary/aromatic N) is 1. The number of carbonyl (C=O) groups excluding carboxylic acids is 1. The van der Waals surface area contributed by atoms with Crippen molar-refractivity contribution in [3.63, 3.8) is 0 Å². The third kappa shape index (κ3) is 2.74. The predicted molar refractivity (Wildman–Crippen MR) is 88.1 cm³/mol. The smallest absolute Gasteiger partial charge is 0.252 e. The molecule has 0 aromatic heterocycles. The van der Waals surface area contributed by atoms with Gasteiger partial charge in [0, 0.05) is 18.7 Å². The van der Waals surface area contributed by atoms with Crippen LogP contribution in [0, 0.1) is 0 Å². The lowest BCUT2D eigenvalue weighted by atomic mass is 10.0. The lowest BCUT2D eigenvalue weighted by molar-refractivity contribution is -0.143. The van der Waals surface area contributed by atoms with Crippen molar-refractivity contribution in [2.75, 3.05) is 26.3 Å². The second-order valence-corrected chi connectivity index (χ2v) is 6.62. The number of benzene rings is 1. The lowest BCUT2D eigenvalue weighted by Crippen LogP contribution is -2.39. The first-order valence-electron chi connectivity index (χ1n) is 8.82. The Bertz CT molecular complexity index is 621. The van der Waals surface area contributed by atoms with E-state index in [2.05, 4.69) is 0 Å². The van der Waals surface area contributed by atoms with Crippen LogP contribution in [0.15, 0.2) is 18.2 Å². The number of amides is 1. The molecule has 24 heavy (non-hydrogen) atoms. The Kier molecular flexibility index (Phi) is 4.33. The SMILES string of the molecule is NC[C@H]1CC[C@@H](C(=O)N2CCCC2c2cccc3c2OCCO3)O1. The van der Waals surface area contributed by atoms with Crippen LogP contribution in [-0.2, 0) is 9.53 Å². The van der Waals surface area contributed by atoms with Crippen molar-refractivity contribution in [3.05, 3.63) is 23.8 Å². The van der Waals surface area contributed by atoms with Gasteiger partial charge in [-0.25, -0.2) is 0 Å². The molecule has 2 saturated heterocycles. The highest BCUT2D eigenvalue weighted by Crippen LogP contribution is 2.43. The van der Waals surface area contributed by atoms with Gasteiger partial charge in [0.1, 0.15) is 19.3 Å². The zero-order valence-corrected chi connectivity index (χ0v) is 13.8. The van der Waals surface area contributed by atoms with Gasteiger partial charge in [-0.05, 0) is 31.7 Å². The van der Waals surface area contributed by atoms with Gasteiger partial charge in [0.2, 0.25) is 0 Å². The van der Waals surface area contributed by atoms with Crippen molar-refractivity contribution < 1.29 is 19.0 Å². The average Bonchev–Trinajstić information content (AvgIpc) is 3.30. The van der Waals surface area contributed by atoms with Crippen molar-refractivity contribution in [1.82, 2.24) is 4.90 Å². The molecule has 3 aliphatic heterocycles. The van der Waals surface area contributed by atoms with E-state index in [0.29, 0.717) is 19.8 Å². The van der Waals surface area contributed by atoms with Gasteiger partial charge in [-0.1, -0.05) is 12.1 Å². The van der Waals surface area contributed by atoms with Crippen LogP contribution in [0.1, 0.15) is 37.3 Å². The summed E-state index contributed by atoms with van der Waals surface area (Å²) in [5, 5.41) is 0. The van der Waals surface area contributed by atoms with E-state index in [1.165, 1.54) is 0 Å². The van der Waals surface area contributed by atoms with Crippen LogP contribution in [0.25, 0.3) is 0 Å². The maximum atomic E-state index is 12.9. The van der Waals surface area contributed by atoms with Gasteiger partial charge < -0.3 is 24.8 Å². The molecule has 2 N–H and O–H groups in total. The molecule has 6 nitrogen and oxygen atoms in total. The number of hydrogen-bond donors (Lipinski definition) is 1. The molecule has 1 amide bonds. The molecule has 1 unspecified atom stereocenters. The van der Waals surface area contributed by atoms with Crippen molar-refractivity contribution in [2.24, 2.45) is 5.73 Å². The second-order valence-electron chi connectivity index (χ2n) is 6.62. The van der Waals surface area contributed by atoms with E-state index in [1.807, 2.05) is 23.1 Å². The molecular formula is C18H24N2O4. The Labute approximate surface area is 141 Å². The Morgan fingerprint density at radius 3 is 2.92 bits per heavy atom. The van der Waals surface area contributed by atoms with Crippen LogP contribution in [0.4, 0.5) is 0 Å². The highest BCUT2D eigenvalue weighted by atomic mass is 16.6. The normalized spacial score (nSPS) is 29.0. The summed E-state index contributed by atoms with van der Waals surface area (Å²) in [6.07, 6.45) is 3.23. The largest absolute Gasteiger partial charge is 0.486 e. The summed E-state index contributed by atoms with van der Waals surface area (Å²) in [5.41, 5.74) is 6.71. The molecule has 1 aromatic carbocycles. The number of fused-ring (bicyclic) bond motifs is 1. The van der Waals surface area contributed by atoms with Crippen LogP contribution < -0.4 is 15.2 Å². The van der Waals surface area contributed by atoms with Crippen LogP contribution >= 0.6 is 0 Å². The molecule has 2 fully saturated rings. The molecular weight excluding hydrogens is 308 g/mol. The van der Waals surface area contributed by atoms with Crippen molar-refractivity contribution in [2.45, 2.75) is 43.9 Å².